The third-order valence-electron chi connectivity index (χ3n) is 5.02. The smallest absolute Gasteiger partial charge is 0.0413 e. The molecular weight excluding hydrogens is 338 g/mol. The van der Waals surface area contributed by atoms with Crippen molar-refractivity contribution in [1.82, 2.24) is 0 Å². The lowest BCUT2D eigenvalue weighted by Crippen LogP contribution is -2.25. The van der Waals surface area contributed by atoms with E-state index in [1.807, 2.05) is 0 Å². The summed E-state index contributed by atoms with van der Waals surface area (Å²) in [5.74, 6) is 0. The van der Waals surface area contributed by atoms with E-state index in [-0.39, 0.29) is 0 Å². The number of rotatable bonds is 5. The van der Waals surface area contributed by atoms with Gasteiger partial charge in [-0.2, -0.15) is 0 Å². The van der Waals surface area contributed by atoms with Gasteiger partial charge in [-0.15, -0.1) is 0 Å². The summed E-state index contributed by atoms with van der Waals surface area (Å²) in [5.41, 5.74) is 7.40. The van der Waals surface area contributed by atoms with Crippen LogP contribution >= 0.6 is 0 Å². The topological polar surface area (TPSA) is 3.24 Å². The molecule has 0 saturated heterocycles. The second kappa shape index (κ2) is 8.14. The van der Waals surface area contributed by atoms with E-state index in [0.717, 1.165) is 0 Å². The lowest BCUT2D eigenvalue weighted by molar-refractivity contribution is 0.789. The maximum atomic E-state index is 2.38. The maximum Gasteiger partial charge on any atom is 0.0413 e. The highest BCUT2D eigenvalue weighted by Gasteiger charge is 2.13. The first-order valence-corrected chi connectivity index (χ1v) is 9.82. The molecule has 0 fully saturated rings. The van der Waals surface area contributed by atoms with Crippen molar-refractivity contribution in [1.29, 1.82) is 0 Å². The summed E-state index contributed by atoms with van der Waals surface area (Å²) >= 11 is 0. The van der Waals surface area contributed by atoms with Crippen molar-refractivity contribution in [2.75, 3.05) is 4.90 Å². The van der Waals surface area contributed by atoms with Crippen molar-refractivity contribution in [2.24, 2.45) is 0 Å². The average molecular weight is 364 g/mol. The third-order valence-corrected chi connectivity index (χ3v) is 5.02. The van der Waals surface area contributed by atoms with Crippen LogP contribution in [-0.2, 0) is 0 Å². The van der Waals surface area contributed by atoms with Gasteiger partial charge in [0.25, 0.3) is 0 Å². The lowest BCUT2D eigenvalue weighted by atomic mass is 10.0. The largest absolute Gasteiger partial charge is 0.339 e. The van der Waals surface area contributed by atoms with Gasteiger partial charge in [0.05, 0.1) is 0 Å². The first-order valence-electron chi connectivity index (χ1n) is 9.82. The van der Waals surface area contributed by atoms with E-state index in [9.17, 15) is 0 Å². The van der Waals surface area contributed by atoms with Gasteiger partial charge in [0.1, 0.15) is 0 Å². The molecule has 0 atom stereocenters. The molecule has 0 aliphatic carbocycles. The molecule has 0 unspecified atom stereocenters. The minimum absolute atomic E-state index is 0.366. The highest BCUT2D eigenvalue weighted by Crippen LogP contribution is 2.31. The maximum absolute atomic E-state index is 2.38. The van der Waals surface area contributed by atoms with Crippen LogP contribution in [0.1, 0.15) is 13.8 Å². The Morgan fingerprint density at radius 1 is 0.429 bits per heavy atom. The number of hydrogen-bond donors (Lipinski definition) is 0. The van der Waals surface area contributed by atoms with Crippen LogP contribution in [0.4, 0.5) is 11.4 Å². The Labute approximate surface area is 167 Å². The number of hydrogen-bond acceptors (Lipinski definition) is 1. The molecular formula is C27H25N. The first-order chi connectivity index (χ1) is 13.7. The van der Waals surface area contributed by atoms with Crippen molar-refractivity contribution in [3.8, 4) is 22.3 Å². The first kappa shape index (κ1) is 18.1. The fourth-order valence-corrected chi connectivity index (χ4v) is 3.64. The molecule has 1 heteroatoms. The summed E-state index contributed by atoms with van der Waals surface area (Å²) in [4.78, 5) is 2.38. The number of benzene rings is 4. The molecule has 0 aliphatic heterocycles. The van der Waals surface area contributed by atoms with Gasteiger partial charge < -0.3 is 4.90 Å². The second-order valence-corrected chi connectivity index (χ2v) is 7.29. The number of anilines is 2. The molecule has 1 nitrogen and oxygen atoms in total. The Balaban J connectivity index is 1.62. The zero-order chi connectivity index (χ0) is 19.3. The summed E-state index contributed by atoms with van der Waals surface area (Å²) in [6.07, 6.45) is 0. The molecule has 0 aliphatic rings. The Morgan fingerprint density at radius 3 is 1.07 bits per heavy atom. The van der Waals surface area contributed by atoms with Gasteiger partial charge in [-0.05, 0) is 60.4 Å². The van der Waals surface area contributed by atoms with Gasteiger partial charge >= 0.3 is 0 Å². The van der Waals surface area contributed by atoms with Crippen molar-refractivity contribution >= 4 is 11.4 Å². The molecule has 0 radical (unpaired) electrons. The van der Waals surface area contributed by atoms with E-state index in [0.29, 0.717) is 6.04 Å². The van der Waals surface area contributed by atoms with Crippen LogP contribution in [0.2, 0.25) is 0 Å². The highest BCUT2D eigenvalue weighted by molar-refractivity contribution is 5.72. The Hall–Kier alpha value is -3.32. The van der Waals surface area contributed by atoms with Crippen LogP contribution in [0, 0.1) is 0 Å². The molecule has 28 heavy (non-hydrogen) atoms. The van der Waals surface area contributed by atoms with E-state index in [2.05, 4.69) is 128 Å². The number of nitrogens with zero attached hydrogens (tertiary/aromatic N) is 1. The summed E-state index contributed by atoms with van der Waals surface area (Å²) in [7, 11) is 0. The quantitative estimate of drug-likeness (QED) is 0.353. The Morgan fingerprint density at radius 2 is 0.750 bits per heavy atom. The van der Waals surface area contributed by atoms with Crippen LogP contribution in [0.3, 0.4) is 0 Å². The summed E-state index contributed by atoms with van der Waals surface area (Å²) in [5, 5.41) is 0. The predicted octanol–water partition coefficient (Wildman–Crippen LogP) is 7.57. The highest BCUT2D eigenvalue weighted by atomic mass is 15.2. The standard InChI is InChI=1S/C27H25N/c1-21(2)28(26-17-13-24(14-18-26)22-9-5-3-6-10-22)27-19-15-25(16-20-27)23-11-7-4-8-12-23/h3-21H,1-2H3. The fourth-order valence-electron chi connectivity index (χ4n) is 3.64. The zero-order valence-electron chi connectivity index (χ0n) is 16.4. The molecule has 4 aromatic rings. The van der Waals surface area contributed by atoms with Gasteiger partial charge in [0.15, 0.2) is 0 Å². The second-order valence-electron chi connectivity index (χ2n) is 7.29. The van der Waals surface area contributed by atoms with E-state index in [1.165, 1.54) is 33.6 Å². The van der Waals surface area contributed by atoms with Crippen LogP contribution in [0.25, 0.3) is 22.3 Å². The summed E-state index contributed by atoms with van der Waals surface area (Å²) < 4.78 is 0. The summed E-state index contributed by atoms with van der Waals surface area (Å²) in [6.45, 7) is 4.46. The minimum Gasteiger partial charge on any atom is -0.339 e. The van der Waals surface area contributed by atoms with Crippen molar-refractivity contribution in [3.05, 3.63) is 109 Å². The molecule has 0 bridgehead atoms. The lowest BCUT2D eigenvalue weighted by Gasteiger charge is -2.29. The molecule has 0 aromatic heterocycles. The van der Waals surface area contributed by atoms with E-state index in [4.69, 9.17) is 0 Å². The SMILES string of the molecule is CC(C)N(c1ccc(-c2ccccc2)cc1)c1ccc(-c2ccccc2)cc1. The molecule has 4 aromatic carbocycles. The van der Waals surface area contributed by atoms with Gasteiger partial charge in [-0.1, -0.05) is 84.9 Å². The molecule has 0 saturated carbocycles. The van der Waals surface area contributed by atoms with Crippen molar-refractivity contribution < 1.29 is 0 Å². The molecule has 0 spiro atoms. The third kappa shape index (κ3) is 3.84. The van der Waals surface area contributed by atoms with E-state index < -0.39 is 0 Å². The van der Waals surface area contributed by atoms with Gasteiger partial charge in [0, 0.05) is 17.4 Å². The zero-order valence-corrected chi connectivity index (χ0v) is 16.4. The van der Waals surface area contributed by atoms with E-state index >= 15 is 0 Å². The molecule has 0 N–H and O–H groups in total. The van der Waals surface area contributed by atoms with Crippen LogP contribution in [0.5, 0.6) is 0 Å². The van der Waals surface area contributed by atoms with Gasteiger partial charge in [-0.25, -0.2) is 0 Å². The normalized spacial score (nSPS) is 10.8. The molecule has 138 valence electrons. The van der Waals surface area contributed by atoms with E-state index in [1.54, 1.807) is 0 Å². The summed E-state index contributed by atoms with van der Waals surface area (Å²) in [6, 6.07) is 39.1. The van der Waals surface area contributed by atoms with Gasteiger partial charge in [0.2, 0.25) is 0 Å². The van der Waals surface area contributed by atoms with Crippen LogP contribution in [0.15, 0.2) is 109 Å². The van der Waals surface area contributed by atoms with Crippen LogP contribution < -0.4 is 4.90 Å². The van der Waals surface area contributed by atoms with Crippen molar-refractivity contribution in [2.45, 2.75) is 19.9 Å². The molecule has 0 amide bonds. The van der Waals surface area contributed by atoms with Crippen molar-refractivity contribution in [3.63, 3.8) is 0 Å². The monoisotopic (exact) mass is 363 g/mol. The Bertz CT molecular complexity index is 918. The predicted molar refractivity (Wildman–Crippen MR) is 121 cm³/mol. The average Bonchev–Trinajstić information content (AvgIpc) is 2.76. The Kier molecular flexibility index (Phi) is 5.25. The molecule has 0 heterocycles. The van der Waals surface area contributed by atoms with Gasteiger partial charge in [-0.3, -0.25) is 0 Å². The minimum atomic E-state index is 0.366. The fraction of sp³-hybridized carbons (Fsp3) is 0.111. The van der Waals surface area contributed by atoms with Crippen LogP contribution in [-0.4, -0.2) is 6.04 Å². The molecule has 4 rings (SSSR count).